The third kappa shape index (κ3) is 4.19. The van der Waals surface area contributed by atoms with E-state index in [1.54, 1.807) is 0 Å². The van der Waals surface area contributed by atoms with Gasteiger partial charge in [0.25, 0.3) is 0 Å². The Morgan fingerprint density at radius 1 is 1.05 bits per heavy atom. The molecule has 0 amide bonds. The number of nitrogens with two attached hydrogens (primary N) is 1. The van der Waals surface area contributed by atoms with Crippen molar-refractivity contribution < 1.29 is 4.74 Å². The Hall–Kier alpha value is -0.590. The molecule has 0 aliphatic heterocycles. The van der Waals surface area contributed by atoms with Gasteiger partial charge in [0.15, 0.2) is 0 Å². The molecule has 2 aromatic rings. The lowest BCUT2D eigenvalue weighted by Crippen LogP contribution is -2.29. The van der Waals surface area contributed by atoms with Crippen molar-refractivity contribution in [1.29, 1.82) is 0 Å². The molecule has 4 heteroatoms. The molecule has 0 heterocycles. The fourth-order valence-corrected chi connectivity index (χ4v) is 2.42. The molecule has 0 saturated heterocycles. The highest BCUT2D eigenvalue weighted by Gasteiger charge is 2.18. The minimum Gasteiger partial charge on any atom is -0.484 e. The first-order valence-corrected chi connectivity index (χ1v) is 7.86. The van der Waals surface area contributed by atoms with E-state index in [1.165, 1.54) is 3.57 Å². The van der Waals surface area contributed by atoms with Crippen LogP contribution in [0.25, 0.3) is 0 Å². The smallest absolute Gasteiger partial charge is 0.138 e. The van der Waals surface area contributed by atoms with E-state index in [0.717, 1.165) is 15.8 Å². The monoisotopic (exact) mass is 431 g/mol. The van der Waals surface area contributed by atoms with Crippen molar-refractivity contribution in [1.82, 2.24) is 0 Å². The normalized spacial score (nSPS) is 13.9. The van der Waals surface area contributed by atoms with E-state index in [9.17, 15) is 0 Å². The van der Waals surface area contributed by atoms with Crippen LogP contribution in [0.3, 0.4) is 0 Å². The second-order valence-electron chi connectivity index (χ2n) is 4.40. The van der Waals surface area contributed by atoms with Gasteiger partial charge in [0, 0.05) is 14.1 Å². The molecule has 2 N–H and O–H groups in total. The van der Waals surface area contributed by atoms with Crippen LogP contribution in [0.15, 0.2) is 53.0 Å². The Bertz CT molecular complexity index is 525. The number of halogens is 2. The SMILES string of the molecule is CC(N)C(Oc1ccc(I)cc1)c1ccc(Br)cc1. The molecular weight excluding hydrogens is 417 g/mol. The molecule has 2 unspecified atom stereocenters. The number of hydrogen-bond donors (Lipinski definition) is 1. The lowest BCUT2D eigenvalue weighted by Gasteiger charge is -2.23. The molecule has 0 fully saturated rings. The molecule has 0 bridgehead atoms. The summed E-state index contributed by atoms with van der Waals surface area (Å²) >= 11 is 5.71. The van der Waals surface area contributed by atoms with E-state index >= 15 is 0 Å². The van der Waals surface area contributed by atoms with Crippen molar-refractivity contribution in [2.75, 3.05) is 0 Å². The highest BCUT2D eigenvalue weighted by Crippen LogP contribution is 2.26. The number of ether oxygens (including phenoxy) is 1. The zero-order valence-electron chi connectivity index (χ0n) is 10.5. The van der Waals surface area contributed by atoms with Crippen molar-refractivity contribution in [3.63, 3.8) is 0 Å². The quantitative estimate of drug-likeness (QED) is 0.722. The van der Waals surface area contributed by atoms with Gasteiger partial charge in [-0.3, -0.25) is 0 Å². The molecule has 0 aliphatic rings. The third-order valence-corrected chi connectivity index (χ3v) is 4.00. The summed E-state index contributed by atoms with van der Waals surface area (Å²) in [5, 5.41) is 0. The van der Waals surface area contributed by atoms with Gasteiger partial charge in [0.2, 0.25) is 0 Å². The average Bonchev–Trinajstić information content (AvgIpc) is 2.39. The Balaban J connectivity index is 2.21. The second-order valence-corrected chi connectivity index (χ2v) is 6.56. The molecule has 2 rings (SSSR count). The van der Waals surface area contributed by atoms with Crippen molar-refractivity contribution in [2.45, 2.75) is 19.1 Å². The first-order chi connectivity index (χ1) is 9.06. The van der Waals surface area contributed by atoms with Crippen LogP contribution in [0.1, 0.15) is 18.6 Å². The Labute approximate surface area is 135 Å². The summed E-state index contributed by atoms with van der Waals surface area (Å²) in [6.07, 6.45) is -0.145. The van der Waals surface area contributed by atoms with Crippen molar-refractivity contribution in [3.05, 3.63) is 62.1 Å². The molecule has 0 aliphatic carbocycles. The second kappa shape index (κ2) is 6.72. The van der Waals surface area contributed by atoms with Crippen LogP contribution in [0.5, 0.6) is 5.75 Å². The van der Waals surface area contributed by atoms with Gasteiger partial charge in [-0.25, -0.2) is 0 Å². The predicted molar refractivity (Wildman–Crippen MR) is 90.3 cm³/mol. The van der Waals surface area contributed by atoms with Gasteiger partial charge in [-0.1, -0.05) is 28.1 Å². The van der Waals surface area contributed by atoms with Gasteiger partial charge in [-0.2, -0.15) is 0 Å². The van der Waals surface area contributed by atoms with Crippen molar-refractivity contribution in [3.8, 4) is 5.75 Å². The fraction of sp³-hybridized carbons (Fsp3) is 0.200. The standard InChI is InChI=1S/C15H15BrINO/c1-10(18)15(11-2-4-12(16)5-3-11)19-14-8-6-13(17)7-9-14/h2-10,15H,18H2,1H3. The maximum atomic E-state index is 6.05. The number of benzene rings is 2. The molecular formula is C15H15BrINO. The first kappa shape index (κ1) is 14.8. The maximum Gasteiger partial charge on any atom is 0.138 e. The number of rotatable bonds is 4. The molecule has 0 aromatic heterocycles. The Morgan fingerprint density at radius 2 is 1.63 bits per heavy atom. The molecule has 100 valence electrons. The zero-order chi connectivity index (χ0) is 13.8. The highest BCUT2D eigenvalue weighted by atomic mass is 127. The highest BCUT2D eigenvalue weighted by molar-refractivity contribution is 14.1. The van der Waals surface area contributed by atoms with E-state index in [1.807, 2.05) is 55.5 Å². The molecule has 0 saturated carbocycles. The van der Waals surface area contributed by atoms with Gasteiger partial charge in [0.05, 0.1) is 0 Å². The summed E-state index contributed by atoms with van der Waals surface area (Å²) in [7, 11) is 0. The summed E-state index contributed by atoms with van der Waals surface area (Å²) < 4.78 is 8.25. The van der Waals surface area contributed by atoms with Gasteiger partial charge in [-0.15, -0.1) is 0 Å². The summed E-state index contributed by atoms with van der Waals surface area (Å²) in [6, 6.07) is 16.0. The van der Waals surface area contributed by atoms with E-state index < -0.39 is 0 Å². The molecule has 2 aromatic carbocycles. The van der Waals surface area contributed by atoms with E-state index in [4.69, 9.17) is 10.5 Å². The average molecular weight is 432 g/mol. The molecule has 0 spiro atoms. The fourth-order valence-electron chi connectivity index (χ4n) is 1.79. The van der Waals surface area contributed by atoms with Crippen LogP contribution < -0.4 is 10.5 Å². The van der Waals surface area contributed by atoms with E-state index in [0.29, 0.717) is 0 Å². The van der Waals surface area contributed by atoms with Crippen LogP contribution in [0, 0.1) is 3.57 Å². The molecule has 19 heavy (non-hydrogen) atoms. The van der Waals surface area contributed by atoms with Gasteiger partial charge < -0.3 is 10.5 Å². The van der Waals surface area contributed by atoms with E-state index in [2.05, 4.69) is 38.5 Å². The van der Waals surface area contributed by atoms with Crippen molar-refractivity contribution in [2.24, 2.45) is 5.73 Å². The summed E-state index contributed by atoms with van der Waals surface area (Å²) in [6.45, 7) is 1.96. The van der Waals surface area contributed by atoms with Crippen LogP contribution >= 0.6 is 38.5 Å². The molecule has 0 radical (unpaired) electrons. The minimum absolute atomic E-state index is 0.0829. The maximum absolute atomic E-state index is 6.05. The summed E-state index contributed by atoms with van der Waals surface area (Å²) in [5.41, 5.74) is 7.13. The summed E-state index contributed by atoms with van der Waals surface area (Å²) in [5.74, 6) is 0.839. The summed E-state index contributed by atoms with van der Waals surface area (Å²) in [4.78, 5) is 0. The Kier molecular flexibility index (Phi) is 5.24. The van der Waals surface area contributed by atoms with Gasteiger partial charge in [0.1, 0.15) is 11.9 Å². The van der Waals surface area contributed by atoms with Crippen LogP contribution in [-0.2, 0) is 0 Å². The Morgan fingerprint density at radius 3 is 2.16 bits per heavy atom. The van der Waals surface area contributed by atoms with Crippen LogP contribution in [0.4, 0.5) is 0 Å². The molecule has 2 nitrogen and oxygen atoms in total. The zero-order valence-corrected chi connectivity index (χ0v) is 14.3. The lowest BCUT2D eigenvalue weighted by molar-refractivity contribution is 0.180. The predicted octanol–water partition coefficient (Wildman–Crippen LogP) is 4.52. The third-order valence-electron chi connectivity index (χ3n) is 2.75. The van der Waals surface area contributed by atoms with Crippen LogP contribution in [-0.4, -0.2) is 6.04 Å². The van der Waals surface area contributed by atoms with Crippen molar-refractivity contribution >= 4 is 38.5 Å². The minimum atomic E-state index is -0.145. The topological polar surface area (TPSA) is 35.2 Å². The molecule has 2 atom stereocenters. The lowest BCUT2D eigenvalue weighted by atomic mass is 10.0. The number of hydrogen-bond acceptors (Lipinski definition) is 2. The first-order valence-electron chi connectivity index (χ1n) is 5.99. The van der Waals surface area contributed by atoms with Gasteiger partial charge in [-0.05, 0) is 71.5 Å². The van der Waals surface area contributed by atoms with Crippen LogP contribution in [0.2, 0.25) is 0 Å². The largest absolute Gasteiger partial charge is 0.484 e. The van der Waals surface area contributed by atoms with E-state index in [-0.39, 0.29) is 12.1 Å². The van der Waals surface area contributed by atoms with Gasteiger partial charge >= 0.3 is 0 Å².